The van der Waals surface area contributed by atoms with Crippen LogP contribution >= 0.6 is 22.9 Å². The van der Waals surface area contributed by atoms with Gasteiger partial charge in [-0.15, -0.1) is 11.3 Å². The molecule has 1 heterocycles. The molecule has 8 heteroatoms. The van der Waals surface area contributed by atoms with E-state index in [0.717, 1.165) is 5.56 Å². The van der Waals surface area contributed by atoms with Crippen LogP contribution in [0.2, 0.25) is 5.02 Å². The Morgan fingerprint density at radius 1 is 1.52 bits per heavy atom. The van der Waals surface area contributed by atoms with Crippen molar-refractivity contribution in [1.29, 1.82) is 5.26 Å². The molecule has 0 aliphatic rings. The second-order valence-corrected chi connectivity index (χ2v) is 5.47. The van der Waals surface area contributed by atoms with Gasteiger partial charge >= 0.3 is 5.97 Å². The molecule has 0 radical (unpaired) electrons. The van der Waals surface area contributed by atoms with Crippen LogP contribution in [0.5, 0.6) is 0 Å². The molecule has 0 aliphatic carbocycles. The van der Waals surface area contributed by atoms with Gasteiger partial charge in [-0.1, -0.05) is 11.6 Å². The van der Waals surface area contributed by atoms with E-state index in [1.165, 1.54) is 18.4 Å². The van der Waals surface area contributed by atoms with Crippen LogP contribution in [0, 0.1) is 18.3 Å². The Morgan fingerprint density at radius 3 is 2.52 bits per heavy atom. The van der Waals surface area contributed by atoms with E-state index >= 15 is 0 Å². The number of hydrogen-bond donors (Lipinski definition) is 3. The third-order valence-corrected chi connectivity index (χ3v) is 4.42. The Hall–Kier alpha value is -2.04. The van der Waals surface area contributed by atoms with E-state index in [1.54, 1.807) is 25.3 Å². The summed E-state index contributed by atoms with van der Waals surface area (Å²) in [6.07, 6.45) is 0. The van der Waals surface area contributed by atoms with Crippen molar-refractivity contribution < 1.29 is 14.7 Å². The summed E-state index contributed by atoms with van der Waals surface area (Å²) in [4.78, 5) is 23.2. The zero-order valence-corrected chi connectivity index (χ0v) is 13.2. The number of hydrogen-bond acceptors (Lipinski definition) is 5. The van der Waals surface area contributed by atoms with Gasteiger partial charge in [0.2, 0.25) is 5.91 Å². The average Bonchev–Trinajstić information content (AvgIpc) is 2.77. The number of halogens is 1. The minimum atomic E-state index is -1.38. The van der Waals surface area contributed by atoms with Gasteiger partial charge in [0, 0.05) is 7.05 Å². The number of carbonyl (C=O) groups is 2. The molecule has 0 fully saturated rings. The van der Waals surface area contributed by atoms with E-state index in [0.29, 0.717) is 9.90 Å². The highest BCUT2D eigenvalue weighted by Crippen LogP contribution is 2.33. The fraction of sp³-hybridized carbons (Fsp3) is 0.308. The van der Waals surface area contributed by atoms with Gasteiger partial charge in [0.25, 0.3) is 0 Å². The fourth-order valence-corrected chi connectivity index (χ4v) is 2.86. The molecule has 6 nitrogen and oxygen atoms in total. The maximum atomic E-state index is 11.6. The summed E-state index contributed by atoms with van der Waals surface area (Å²) in [7, 11) is 1.47. The van der Waals surface area contributed by atoms with Crippen LogP contribution in [0.15, 0.2) is 11.0 Å². The summed E-state index contributed by atoms with van der Waals surface area (Å²) >= 11 is 7.35. The summed E-state index contributed by atoms with van der Waals surface area (Å²) in [5.41, 5.74) is 0.324. The van der Waals surface area contributed by atoms with Crippen LogP contribution in [0.1, 0.15) is 17.4 Å². The molecule has 1 atom stereocenters. The van der Waals surface area contributed by atoms with Gasteiger partial charge in [-0.05, 0) is 24.8 Å². The first-order chi connectivity index (χ1) is 9.83. The number of thiophene rings is 1. The Kier molecular flexibility index (Phi) is 5.76. The lowest BCUT2D eigenvalue weighted by atomic mass is 10.1. The quantitative estimate of drug-likeness (QED) is 0.565. The first-order valence-electron chi connectivity index (χ1n) is 5.93. The molecule has 112 valence electrons. The van der Waals surface area contributed by atoms with Gasteiger partial charge in [-0.2, -0.15) is 5.26 Å². The number of nitrogens with zero attached hydrogens (tertiary/aromatic N) is 1. The number of aryl methyl sites for hydroxylation is 1. The van der Waals surface area contributed by atoms with Crippen molar-refractivity contribution in [2.24, 2.45) is 0 Å². The number of nitriles is 1. The van der Waals surface area contributed by atoms with E-state index in [2.05, 4.69) is 10.6 Å². The Balaban J connectivity index is 3.39. The Labute approximate surface area is 131 Å². The van der Waals surface area contributed by atoms with Gasteiger partial charge in [0.1, 0.15) is 12.1 Å². The monoisotopic (exact) mass is 327 g/mol. The minimum absolute atomic E-state index is 0.0456. The SMILES string of the molecule is CNC(=O)[C@@H](C)N/C(=C(/C#N)C(=O)O)c1scc(C)c1Cl. The molecule has 1 amide bonds. The van der Waals surface area contributed by atoms with Crippen LogP contribution in [0.3, 0.4) is 0 Å². The molecule has 3 N–H and O–H groups in total. The van der Waals surface area contributed by atoms with Gasteiger partial charge in [0.05, 0.1) is 15.6 Å². The summed E-state index contributed by atoms with van der Waals surface area (Å²) in [5.74, 6) is -1.72. The van der Waals surface area contributed by atoms with Crippen molar-refractivity contribution in [1.82, 2.24) is 10.6 Å². The second-order valence-electron chi connectivity index (χ2n) is 4.21. The van der Waals surface area contributed by atoms with Gasteiger partial charge in [-0.3, -0.25) is 4.79 Å². The molecule has 0 bridgehead atoms. The van der Waals surface area contributed by atoms with Crippen LogP contribution in [-0.2, 0) is 9.59 Å². The van der Waals surface area contributed by atoms with Crippen LogP contribution in [-0.4, -0.2) is 30.1 Å². The number of rotatable bonds is 5. The number of amides is 1. The van der Waals surface area contributed by atoms with E-state index < -0.39 is 17.6 Å². The number of carboxylic acids is 1. The predicted molar refractivity (Wildman–Crippen MR) is 80.9 cm³/mol. The molecule has 0 aliphatic heterocycles. The second kappa shape index (κ2) is 7.11. The number of nitrogens with one attached hydrogen (secondary N) is 2. The van der Waals surface area contributed by atoms with E-state index in [9.17, 15) is 9.59 Å². The lowest BCUT2D eigenvalue weighted by Gasteiger charge is -2.17. The average molecular weight is 328 g/mol. The Bertz CT molecular complexity index is 646. The van der Waals surface area contributed by atoms with Crippen LogP contribution in [0.4, 0.5) is 0 Å². The van der Waals surface area contributed by atoms with Crippen LogP contribution in [0.25, 0.3) is 5.70 Å². The van der Waals surface area contributed by atoms with Crippen molar-refractivity contribution >= 4 is 40.5 Å². The highest BCUT2D eigenvalue weighted by Gasteiger charge is 2.23. The summed E-state index contributed by atoms with van der Waals surface area (Å²) in [6, 6.07) is 0.916. The first-order valence-corrected chi connectivity index (χ1v) is 7.19. The number of carbonyl (C=O) groups excluding carboxylic acids is 1. The fourth-order valence-electron chi connectivity index (χ4n) is 1.56. The molecular weight excluding hydrogens is 314 g/mol. The summed E-state index contributed by atoms with van der Waals surface area (Å²) < 4.78 is 0. The van der Waals surface area contributed by atoms with Gasteiger partial charge in [0.15, 0.2) is 5.57 Å². The smallest absolute Gasteiger partial charge is 0.348 e. The summed E-state index contributed by atoms with van der Waals surface area (Å²) in [5, 5.41) is 25.5. The molecule has 0 spiro atoms. The molecular formula is C13H14ClN3O3S. The third kappa shape index (κ3) is 3.74. The van der Waals surface area contributed by atoms with Crippen molar-refractivity contribution in [3.05, 3.63) is 26.4 Å². The molecule has 0 aromatic carbocycles. The number of carboxylic acid groups (broad SMARTS) is 1. The van der Waals surface area contributed by atoms with E-state index in [4.69, 9.17) is 22.0 Å². The highest BCUT2D eigenvalue weighted by molar-refractivity contribution is 7.12. The molecule has 1 rings (SSSR count). The van der Waals surface area contributed by atoms with E-state index in [1.807, 2.05) is 0 Å². The topological polar surface area (TPSA) is 102 Å². The molecule has 1 aromatic heterocycles. The minimum Gasteiger partial charge on any atom is -0.477 e. The normalized spacial score (nSPS) is 12.9. The summed E-state index contributed by atoms with van der Waals surface area (Å²) in [6.45, 7) is 3.33. The third-order valence-electron chi connectivity index (χ3n) is 2.70. The Morgan fingerprint density at radius 2 is 2.14 bits per heavy atom. The zero-order valence-electron chi connectivity index (χ0n) is 11.7. The lowest BCUT2D eigenvalue weighted by Crippen LogP contribution is -2.40. The maximum Gasteiger partial charge on any atom is 0.348 e. The number of aliphatic carboxylic acids is 1. The number of likely N-dealkylation sites (N-methyl/N-ethyl adjacent to an activating group) is 1. The molecule has 1 aromatic rings. The van der Waals surface area contributed by atoms with Crippen LogP contribution < -0.4 is 10.6 Å². The molecule has 0 saturated heterocycles. The molecule has 0 saturated carbocycles. The van der Waals surface area contributed by atoms with Crippen molar-refractivity contribution in [3.63, 3.8) is 0 Å². The highest BCUT2D eigenvalue weighted by atomic mass is 35.5. The largest absolute Gasteiger partial charge is 0.477 e. The predicted octanol–water partition coefficient (Wildman–Crippen LogP) is 1.75. The lowest BCUT2D eigenvalue weighted by molar-refractivity contribution is -0.132. The van der Waals surface area contributed by atoms with Gasteiger partial charge < -0.3 is 15.7 Å². The standard InChI is InChI=1S/C13H14ClN3O3S/c1-6-5-21-11(9(6)14)10(8(4-15)13(19)20)17-7(2)12(18)16-3/h5,7,17H,1-3H3,(H,16,18)(H,19,20)/b10-8-/t7-/m1/s1. The van der Waals surface area contributed by atoms with Crippen molar-refractivity contribution in [2.75, 3.05) is 7.05 Å². The van der Waals surface area contributed by atoms with E-state index in [-0.39, 0.29) is 11.6 Å². The zero-order chi connectivity index (χ0) is 16.2. The van der Waals surface area contributed by atoms with Gasteiger partial charge in [-0.25, -0.2) is 4.79 Å². The van der Waals surface area contributed by atoms with Crippen molar-refractivity contribution in [3.8, 4) is 6.07 Å². The maximum absolute atomic E-state index is 11.6. The first kappa shape index (κ1) is 17.0. The molecule has 0 unspecified atom stereocenters. The van der Waals surface area contributed by atoms with Crippen molar-refractivity contribution in [2.45, 2.75) is 19.9 Å². The molecule has 21 heavy (non-hydrogen) atoms.